The Balaban J connectivity index is 1.74. The van der Waals surface area contributed by atoms with Gasteiger partial charge in [-0.3, -0.25) is 9.59 Å². The fourth-order valence-electron chi connectivity index (χ4n) is 3.60. The number of aliphatic hydroxyl groups excluding tert-OH is 1. The zero-order chi connectivity index (χ0) is 31.3. The number of ether oxygens (including phenoxy) is 10. The third-order valence-electron chi connectivity index (χ3n) is 5.74. The lowest BCUT2D eigenvalue weighted by Gasteiger charge is -2.16. The number of methoxy groups -OCH3 is 4. The highest BCUT2D eigenvalue weighted by Gasteiger charge is 2.24. The van der Waals surface area contributed by atoms with Gasteiger partial charge in [0.25, 0.3) is 0 Å². The predicted molar refractivity (Wildman–Crippen MR) is 154 cm³/mol. The van der Waals surface area contributed by atoms with Crippen LogP contribution in [0.3, 0.4) is 0 Å². The number of benzene rings is 2. The maximum Gasteiger partial charge on any atom is 0.233 e. The smallest absolute Gasteiger partial charge is 0.233 e. The average Bonchev–Trinajstić information content (AvgIpc) is 3.04. The van der Waals surface area contributed by atoms with Crippen molar-refractivity contribution < 1.29 is 62.1 Å². The highest BCUT2D eigenvalue weighted by Crippen LogP contribution is 2.39. The van der Waals surface area contributed by atoms with Crippen LogP contribution in [0.1, 0.15) is 20.7 Å². The molecule has 0 aliphatic heterocycles. The molecule has 1 N–H and O–H groups in total. The third kappa shape index (κ3) is 12.7. The topological polar surface area (TPSA) is 147 Å². The van der Waals surface area contributed by atoms with Crippen molar-refractivity contribution in [3.8, 4) is 28.7 Å². The molecule has 0 fully saturated rings. The molecule has 0 aliphatic rings. The van der Waals surface area contributed by atoms with Crippen LogP contribution in [0.15, 0.2) is 30.3 Å². The predicted octanol–water partition coefficient (Wildman–Crippen LogP) is 2.24. The Morgan fingerprint density at radius 3 is 1.26 bits per heavy atom. The van der Waals surface area contributed by atoms with E-state index in [1.54, 1.807) is 6.07 Å². The first-order valence-electron chi connectivity index (χ1n) is 13.7. The normalized spacial score (nSPS) is 10.8. The molecule has 0 saturated carbocycles. The van der Waals surface area contributed by atoms with Crippen molar-refractivity contribution in [2.75, 3.05) is 108 Å². The molecule has 0 heterocycles. The second-order valence-electron chi connectivity index (χ2n) is 8.60. The Morgan fingerprint density at radius 2 is 0.884 bits per heavy atom. The number of carbonyl (C=O) groups is 2. The van der Waals surface area contributed by atoms with Gasteiger partial charge in [-0.05, 0) is 24.3 Å². The van der Waals surface area contributed by atoms with Gasteiger partial charge in [0.15, 0.2) is 11.5 Å². The van der Waals surface area contributed by atoms with E-state index in [-0.39, 0.29) is 48.2 Å². The monoisotopic (exact) mass is 610 g/mol. The molecule has 0 amide bonds. The van der Waals surface area contributed by atoms with E-state index in [0.717, 1.165) is 0 Å². The molecule has 2 aromatic carbocycles. The molecular weight excluding hydrogens is 568 g/mol. The highest BCUT2D eigenvalue weighted by atomic mass is 16.6. The van der Waals surface area contributed by atoms with Crippen molar-refractivity contribution in [1.29, 1.82) is 0 Å². The van der Waals surface area contributed by atoms with Gasteiger partial charge in [-0.15, -0.1) is 0 Å². The van der Waals surface area contributed by atoms with Gasteiger partial charge in [-0.2, -0.15) is 0 Å². The number of hydrogen-bond acceptors (Lipinski definition) is 13. The lowest BCUT2D eigenvalue weighted by atomic mass is 10.00. The van der Waals surface area contributed by atoms with Crippen LogP contribution < -0.4 is 23.7 Å². The standard InChI is InChI=1S/C30H42O13/c1-34-24-17-22(18-25(21-24)35-2)28(32)29(33)23-19-26(36-3)30(27(20-23)37-4)43-16-15-42-14-13-41-12-11-40-10-9-39-8-7-38-6-5-31/h17-21,31H,5-16H2,1-4H3. The first kappa shape index (κ1) is 35.7. The van der Waals surface area contributed by atoms with Crippen molar-refractivity contribution >= 4 is 11.6 Å². The molecule has 0 atom stereocenters. The Hall–Kier alpha value is -3.46. The van der Waals surface area contributed by atoms with Gasteiger partial charge >= 0.3 is 0 Å². The summed E-state index contributed by atoms with van der Waals surface area (Å²) in [6.07, 6.45) is 0. The molecule has 0 aromatic heterocycles. The Labute approximate surface area is 251 Å². The number of ketones is 2. The molecule has 0 aliphatic carbocycles. The molecule has 13 heteroatoms. The van der Waals surface area contributed by atoms with E-state index in [0.29, 0.717) is 71.0 Å². The summed E-state index contributed by atoms with van der Waals surface area (Å²) >= 11 is 0. The van der Waals surface area contributed by atoms with Crippen LogP contribution in [0.5, 0.6) is 28.7 Å². The van der Waals surface area contributed by atoms with Crippen LogP contribution >= 0.6 is 0 Å². The molecule has 2 rings (SSSR count). The Morgan fingerprint density at radius 1 is 0.512 bits per heavy atom. The second kappa shape index (κ2) is 21.3. The van der Waals surface area contributed by atoms with E-state index >= 15 is 0 Å². The number of rotatable bonds is 25. The number of Topliss-reactive ketones (excluding diaryl/α,β-unsaturated/α-hetero) is 2. The first-order chi connectivity index (χ1) is 21.0. The third-order valence-corrected chi connectivity index (χ3v) is 5.74. The quantitative estimate of drug-likeness (QED) is 0.0997. The summed E-state index contributed by atoms with van der Waals surface area (Å²) in [6.45, 7) is 4.16. The van der Waals surface area contributed by atoms with Crippen LogP contribution in [0.25, 0.3) is 0 Å². The summed E-state index contributed by atoms with van der Waals surface area (Å²) in [5.41, 5.74) is 0.192. The summed E-state index contributed by atoms with van der Waals surface area (Å²) in [4.78, 5) is 26.1. The summed E-state index contributed by atoms with van der Waals surface area (Å²) in [5.74, 6) is -0.0229. The molecule has 0 radical (unpaired) electrons. The van der Waals surface area contributed by atoms with E-state index in [4.69, 9.17) is 52.5 Å². The van der Waals surface area contributed by atoms with Crippen molar-refractivity contribution in [2.24, 2.45) is 0 Å². The Bertz CT molecular complexity index is 1060. The second-order valence-corrected chi connectivity index (χ2v) is 8.60. The molecule has 240 valence electrons. The van der Waals surface area contributed by atoms with Crippen molar-refractivity contribution in [3.63, 3.8) is 0 Å². The SMILES string of the molecule is COc1cc(OC)cc(C(=O)C(=O)c2cc(OC)c(OCCOCCOCCOCCOCCOCCO)c(OC)c2)c1. The summed E-state index contributed by atoms with van der Waals surface area (Å²) in [6, 6.07) is 7.38. The zero-order valence-corrected chi connectivity index (χ0v) is 25.2. The zero-order valence-electron chi connectivity index (χ0n) is 25.2. The highest BCUT2D eigenvalue weighted by molar-refractivity contribution is 6.49. The molecule has 0 unspecified atom stereocenters. The van der Waals surface area contributed by atoms with Crippen molar-refractivity contribution in [1.82, 2.24) is 0 Å². The minimum atomic E-state index is -0.763. The van der Waals surface area contributed by atoms with E-state index in [2.05, 4.69) is 0 Å². The van der Waals surface area contributed by atoms with Gasteiger partial charge in [0.05, 0.1) is 101 Å². The lowest BCUT2D eigenvalue weighted by molar-refractivity contribution is -0.0147. The van der Waals surface area contributed by atoms with Crippen molar-refractivity contribution in [3.05, 3.63) is 41.5 Å². The molecule has 2 aromatic rings. The molecule has 0 spiro atoms. The van der Waals surface area contributed by atoms with Gasteiger partial charge in [0, 0.05) is 17.2 Å². The van der Waals surface area contributed by atoms with Crippen LogP contribution in [0.2, 0.25) is 0 Å². The van der Waals surface area contributed by atoms with Gasteiger partial charge in [-0.1, -0.05) is 0 Å². The van der Waals surface area contributed by atoms with Crippen LogP contribution in [0.4, 0.5) is 0 Å². The van der Waals surface area contributed by atoms with E-state index in [9.17, 15) is 9.59 Å². The van der Waals surface area contributed by atoms with Crippen molar-refractivity contribution in [2.45, 2.75) is 0 Å². The number of carbonyl (C=O) groups excluding carboxylic acids is 2. The fourth-order valence-corrected chi connectivity index (χ4v) is 3.60. The maximum atomic E-state index is 13.1. The van der Waals surface area contributed by atoms with Crippen LogP contribution in [0, 0.1) is 0 Å². The molecule has 0 bridgehead atoms. The number of hydrogen-bond donors (Lipinski definition) is 1. The summed E-state index contributed by atoms with van der Waals surface area (Å²) < 4.78 is 53.9. The Kier molecular flexibility index (Phi) is 17.7. The summed E-state index contributed by atoms with van der Waals surface area (Å²) in [7, 11) is 5.75. The molecule has 13 nitrogen and oxygen atoms in total. The average molecular weight is 611 g/mol. The first-order valence-corrected chi connectivity index (χ1v) is 13.7. The minimum Gasteiger partial charge on any atom is -0.497 e. The minimum absolute atomic E-state index is 0.000452. The van der Waals surface area contributed by atoms with E-state index in [1.807, 2.05) is 0 Å². The fraction of sp³-hybridized carbons (Fsp3) is 0.533. The molecular formula is C30H42O13. The summed E-state index contributed by atoms with van der Waals surface area (Å²) in [5, 5.41) is 8.60. The van der Waals surface area contributed by atoms with Gasteiger partial charge < -0.3 is 52.5 Å². The molecule has 43 heavy (non-hydrogen) atoms. The van der Waals surface area contributed by atoms with E-state index < -0.39 is 11.6 Å². The molecule has 0 saturated heterocycles. The van der Waals surface area contributed by atoms with E-state index in [1.165, 1.54) is 52.7 Å². The van der Waals surface area contributed by atoms with Gasteiger partial charge in [-0.25, -0.2) is 0 Å². The largest absolute Gasteiger partial charge is 0.497 e. The van der Waals surface area contributed by atoms with Crippen LogP contribution in [-0.4, -0.2) is 124 Å². The lowest BCUT2D eigenvalue weighted by Crippen LogP contribution is -2.16. The number of aliphatic hydroxyl groups is 1. The van der Waals surface area contributed by atoms with Gasteiger partial charge in [0.2, 0.25) is 17.3 Å². The van der Waals surface area contributed by atoms with Crippen LogP contribution in [-0.2, 0) is 23.7 Å². The van der Waals surface area contributed by atoms with Gasteiger partial charge in [0.1, 0.15) is 18.1 Å². The maximum absolute atomic E-state index is 13.1.